The van der Waals surface area contributed by atoms with Gasteiger partial charge in [-0.2, -0.15) is 0 Å². The van der Waals surface area contributed by atoms with Crippen LogP contribution in [0.4, 0.5) is 10.1 Å². The first-order chi connectivity index (χ1) is 18.0. The molecule has 2 aromatic heterocycles. The van der Waals surface area contributed by atoms with E-state index in [2.05, 4.69) is 26.3 Å². The topological polar surface area (TPSA) is 71.4 Å². The average molecular weight is 516 g/mol. The normalized spacial score (nSPS) is 16.9. The largest absolute Gasteiger partial charge is 0.497 e. The van der Waals surface area contributed by atoms with Gasteiger partial charge in [0.05, 0.1) is 24.9 Å². The lowest BCUT2D eigenvalue weighted by molar-refractivity contribution is -0.116. The van der Waals surface area contributed by atoms with Gasteiger partial charge in [-0.3, -0.25) is 9.78 Å². The third kappa shape index (κ3) is 5.31. The van der Waals surface area contributed by atoms with Crippen LogP contribution in [0.3, 0.4) is 0 Å². The summed E-state index contributed by atoms with van der Waals surface area (Å²) >= 11 is 5.75. The lowest BCUT2D eigenvalue weighted by Crippen LogP contribution is -2.33. The number of pyridine rings is 1. The van der Waals surface area contributed by atoms with E-state index >= 15 is 0 Å². The van der Waals surface area contributed by atoms with Crippen LogP contribution in [0.25, 0.3) is 5.69 Å². The van der Waals surface area contributed by atoms with Crippen molar-refractivity contribution in [2.24, 2.45) is 0 Å². The van der Waals surface area contributed by atoms with Crippen LogP contribution in [-0.2, 0) is 4.79 Å². The zero-order valence-corrected chi connectivity index (χ0v) is 21.0. The van der Waals surface area contributed by atoms with E-state index in [1.807, 2.05) is 59.6 Å². The van der Waals surface area contributed by atoms with E-state index in [0.29, 0.717) is 17.3 Å². The molecular weight excluding hydrogens is 489 g/mol. The quantitative estimate of drug-likeness (QED) is 0.321. The summed E-state index contributed by atoms with van der Waals surface area (Å²) in [6, 6.07) is 23.0. The average Bonchev–Trinajstić information content (AvgIpc) is 3.53. The molecule has 188 valence electrons. The highest BCUT2D eigenvalue weighted by molar-refractivity contribution is 7.80. The molecule has 7 nitrogen and oxygen atoms in total. The lowest BCUT2D eigenvalue weighted by atomic mass is 10.0. The number of carbonyl (C=O) groups is 1. The molecule has 0 saturated carbocycles. The maximum Gasteiger partial charge on any atom is 0.226 e. The standard InChI is InChI=1S/C28H26FN5O2S/c1-36-22-7-4-6-21(18-22)33-16-5-9-24(33)27-26(23-8-2-3-15-30-23)32-28(37)34(27)17-14-25(35)31-20-12-10-19(29)11-13-20/h2-13,15-16,18,26-27H,14,17H2,1H3,(H,31,35)(H,32,37)/t26-,27-/m1/s1. The van der Waals surface area contributed by atoms with E-state index in [4.69, 9.17) is 17.0 Å². The van der Waals surface area contributed by atoms with Gasteiger partial charge in [-0.25, -0.2) is 4.39 Å². The smallest absolute Gasteiger partial charge is 0.226 e. The van der Waals surface area contributed by atoms with Crippen LogP contribution in [0, 0.1) is 5.82 Å². The second-order valence-electron chi connectivity index (χ2n) is 8.63. The van der Waals surface area contributed by atoms with Crippen LogP contribution in [0.2, 0.25) is 0 Å². The van der Waals surface area contributed by atoms with E-state index in [1.165, 1.54) is 24.3 Å². The highest BCUT2D eigenvalue weighted by atomic mass is 32.1. The number of aromatic nitrogens is 2. The summed E-state index contributed by atoms with van der Waals surface area (Å²) in [4.78, 5) is 19.4. The predicted octanol–water partition coefficient (Wildman–Crippen LogP) is 5.02. The number of hydrogen-bond donors (Lipinski definition) is 2. The van der Waals surface area contributed by atoms with Gasteiger partial charge in [0.15, 0.2) is 5.11 Å². The van der Waals surface area contributed by atoms with Crippen LogP contribution >= 0.6 is 12.2 Å². The number of anilines is 1. The van der Waals surface area contributed by atoms with Gasteiger partial charge >= 0.3 is 0 Å². The van der Waals surface area contributed by atoms with Crippen molar-refractivity contribution in [3.63, 3.8) is 0 Å². The first-order valence-electron chi connectivity index (χ1n) is 11.9. The molecule has 2 atom stereocenters. The number of thiocarbonyl (C=S) groups is 1. The number of hydrogen-bond acceptors (Lipinski definition) is 4. The molecule has 1 aliphatic heterocycles. The van der Waals surface area contributed by atoms with Crippen LogP contribution in [-0.4, -0.2) is 39.1 Å². The molecule has 1 fully saturated rings. The molecule has 1 aliphatic rings. The van der Waals surface area contributed by atoms with Gasteiger partial charge in [-0.15, -0.1) is 0 Å². The fourth-order valence-electron chi connectivity index (χ4n) is 4.58. The van der Waals surface area contributed by atoms with Crippen molar-refractivity contribution in [1.82, 2.24) is 19.8 Å². The molecule has 9 heteroatoms. The molecule has 37 heavy (non-hydrogen) atoms. The number of ether oxygens (including phenoxy) is 1. The van der Waals surface area contributed by atoms with Crippen molar-refractivity contribution in [2.75, 3.05) is 19.0 Å². The summed E-state index contributed by atoms with van der Waals surface area (Å²) in [5, 5.41) is 6.80. The number of nitrogens with zero attached hydrogens (tertiary/aromatic N) is 3. The van der Waals surface area contributed by atoms with Crippen LogP contribution in [0.1, 0.15) is 29.9 Å². The Balaban J connectivity index is 1.44. The number of halogens is 1. The minimum atomic E-state index is -0.353. The summed E-state index contributed by atoms with van der Waals surface area (Å²) in [5.74, 6) is 0.222. The van der Waals surface area contributed by atoms with Crippen LogP contribution in [0.5, 0.6) is 5.75 Å². The molecule has 0 unspecified atom stereocenters. The maximum absolute atomic E-state index is 13.2. The zero-order valence-electron chi connectivity index (χ0n) is 20.2. The Labute approximate surface area is 219 Å². The molecule has 5 rings (SSSR count). The molecule has 0 radical (unpaired) electrons. The fraction of sp³-hybridized carbons (Fsp3) is 0.179. The van der Waals surface area contributed by atoms with Crippen molar-refractivity contribution >= 4 is 28.9 Å². The summed E-state index contributed by atoms with van der Waals surface area (Å²) in [5.41, 5.74) is 3.34. The Hall–Kier alpha value is -4.24. The summed E-state index contributed by atoms with van der Waals surface area (Å²) in [6.45, 7) is 0.385. The zero-order chi connectivity index (χ0) is 25.8. The second kappa shape index (κ2) is 10.8. The Bertz CT molecular complexity index is 1390. The highest BCUT2D eigenvalue weighted by Gasteiger charge is 2.41. The van der Waals surface area contributed by atoms with E-state index in [-0.39, 0.29) is 30.2 Å². The molecule has 0 spiro atoms. The van der Waals surface area contributed by atoms with Crippen LogP contribution < -0.4 is 15.4 Å². The fourth-order valence-corrected chi connectivity index (χ4v) is 4.91. The minimum absolute atomic E-state index is 0.183. The number of nitrogens with one attached hydrogen (secondary N) is 2. The molecule has 1 amide bonds. The Morgan fingerprint density at radius 1 is 1.11 bits per heavy atom. The molecule has 2 N–H and O–H groups in total. The number of carbonyl (C=O) groups excluding carboxylic acids is 1. The van der Waals surface area contributed by atoms with Gasteiger partial charge in [0.25, 0.3) is 0 Å². The predicted molar refractivity (Wildman–Crippen MR) is 144 cm³/mol. The molecule has 0 bridgehead atoms. The van der Waals surface area contributed by atoms with Crippen LogP contribution in [0.15, 0.2) is 91.3 Å². The first-order valence-corrected chi connectivity index (χ1v) is 12.3. The molecule has 1 saturated heterocycles. The number of methoxy groups -OCH3 is 1. The summed E-state index contributed by atoms with van der Waals surface area (Å²) < 4.78 is 20.8. The monoisotopic (exact) mass is 515 g/mol. The SMILES string of the molecule is COc1cccc(-n2cccc2[C@@H]2[C@@H](c3ccccn3)NC(=S)N2CCC(=O)Nc2ccc(F)cc2)c1. The van der Waals surface area contributed by atoms with Gasteiger partial charge in [-0.05, 0) is 72.9 Å². The van der Waals surface area contributed by atoms with Gasteiger partial charge in [0, 0.05) is 48.5 Å². The van der Waals surface area contributed by atoms with Crippen molar-refractivity contribution in [2.45, 2.75) is 18.5 Å². The number of rotatable bonds is 8. The van der Waals surface area contributed by atoms with E-state index in [0.717, 1.165) is 22.8 Å². The minimum Gasteiger partial charge on any atom is -0.497 e. The van der Waals surface area contributed by atoms with Crippen molar-refractivity contribution in [1.29, 1.82) is 0 Å². The van der Waals surface area contributed by atoms with E-state index < -0.39 is 0 Å². The molecule has 4 aromatic rings. The highest BCUT2D eigenvalue weighted by Crippen LogP contribution is 2.39. The maximum atomic E-state index is 13.2. The molecule has 3 heterocycles. The number of benzene rings is 2. The second-order valence-corrected chi connectivity index (χ2v) is 9.02. The van der Waals surface area contributed by atoms with Crippen molar-refractivity contribution in [3.05, 3.63) is 108 Å². The third-order valence-corrected chi connectivity index (χ3v) is 6.67. The van der Waals surface area contributed by atoms with Crippen molar-refractivity contribution < 1.29 is 13.9 Å². The van der Waals surface area contributed by atoms with Gasteiger partial charge in [0.1, 0.15) is 11.6 Å². The van der Waals surface area contributed by atoms with E-state index in [1.54, 1.807) is 13.3 Å². The Morgan fingerprint density at radius 3 is 2.70 bits per heavy atom. The lowest BCUT2D eigenvalue weighted by Gasteiger charge is -2.29. The summed E-state index contributed by atoms with van der Waals surface area (Å²) in [6.07, 6.45) is 3.96. The summed E-state index contributed by atoms with van der Waals surface area (Å²) in [7, 11) is 1.64. The molecular formula is C28H26FN5O2S. The molecule has 2 aromatic carbocycles. The van der Waals surface area contributed by atoms with Gasteiger partial charge in [0.2, 0.25) is 5.91 Å². The number of amides is 1. The van der Waals surface area contributed by atoms with Gasteiger partial charge < -0.3 is 24.8 Å². The Morgan fingerprint density at radius 2 is 1.95 bits per heavy atom. The van der Waals surface area contributed by atoms with E-state index in [9.17, 15) is 9.18 Å². The first kappa shape index (κ1) is 24.5. The van der Waals surface area contributed by atoms with Gasteiger partial charge in [-0.1, -0.05) is 12.1 Å². The Kier molecular flexibility index (Phi) is 7.14. The molecule has 0 aliphatic carbocycles. The third-order valence-electron chi connectivity index (χ3n) is 6.32. The van der Waals surface area contributed by atoms with Crippen molar-refractivity contribution in [3.8, 4) is 11.4 Å².